The third-order valence-corrected chi connectivity index (χ3v) is 6.65. The van der Waals surface area contributed by atoms with Crippen molar-refractivity contribution in [1.82, 2.24) is 15.1 Å². The lowest BCUT2D eigenvalue weighted by atomic mass is 10.0. The average molecular weight is 479 g/mol. The molecule has 1 fully saturated rings. The van der Waals surface area contributed by atoms with Crippen LogP contribution < -0.4 is 10.6 Å². The molecular formula is C17H18BrF3N4O2S. The number of rotatable bonds is 4. The molecule has 2 aliphatic heterocycles. The maximum absolute atomic E-state index is 13.7. The first-order chi connectivity index (χ1) is 13.3. The summed E-state index contributed by atoms with van der Waals surface area (Å²) in [5.41, 5.74) is -0.0680. The van der Waals surface area contributed by atoms with Crippen LogP contribution >= 0.6 is 27.3 Å². The molecule has 28 heavy (non-hydrogen) atoms. The number of thiophene rings is 1. The molecule has 4 rings (SSSR count). The Kier molecular flexibility index (Phi) is 5.41. The number of nitrogens with one attached hydrogen (secondary N) is 2. The second-order valence-electron chi connectivity index (χ2n) is 6.81. The minimum Gasteiger partial charge on any atom is -0.376 e. The number of ether oxygens (including phenoxy) is 1. The predicted octanol–water partition coefficient (Wildman–Crippen LogP) is 4.28. The predicted molar refractivity (Wildman–Crippen MR) is 102 cm³/mol. The normalized spacial score (nSPS) is 24.6. The standard InChI is InChI=1S/C17H18BrF3N4O2S/c18-13-14(16(26)22-8-9-3-1-5-27-9)24-25-12(17(19,20)21)7-10(23-15(13)25)11-4-2-6-28-11/h2,4,6,9-10,12,23H,1,3,5,7-8H2,(H,22,26)/t9-,10-,12-/m0/s1. The van der Waals surface area contributed by atoms with Crippen LogP contribution in [0.5, 0.6) is 0 Å². The second kappa shape index (κ2) is 7.68. The number of carbonyl (C=O) groups excluding carboxylic acids is 1. The first-order valence-electron chi connectivity index (χ1n) is 8.89. The highest BCUT2D eigenvalue weighted by atomic mass is 79.9. The largest absolute Gasteiger partial charge is 0.410 e. The monoisotopic (exact) mass is 478 g/mol. The maximum atomic E-state index is 13.7. The molecule has 2 aromatic rings. The molecule has 4 heterocycles. The molecule has 2 aliphatic rings. The third-order valence-electron chi connectivity index (χ3n) is 4.91. The van der Waals surface area contributed by atoms with Gasteiger partial charge in [-0.1, -0.05) is 6.07 Å². The fourth-order valence-corrected chi connectivity index (χ4v) is 4.85. The number of amides is 1. The third kappa shape index (κ3) is 3.79. The van der Waals surface area contributed by atoms with Crippen molar-refractivity contribution in [1.29, 1.82) is 0 Å². The first-order valence-corrected chi connectivity index (χ1v) is 10.6. The summed E-state index contributed by atoms with van der Waals surface area (Å²) >= 11 is 4.66. The van der Waals surface area contributed by atoms with Crippen LogP contribution in [-0.2, 0) is 4.74 Å². The summed E-state index contributed by atoms with van der Waals surface area (Å²) in [6.07, 6.45) is -2.96. The highest BCUT2D eigenvalue weighted by molar-refractivity contribution is 9.10. The van der Waals surface area contributed by atoms with E-state index in [4.69, 9.17) is 4.74 Å². The van der Waals surface area contributed by atoms with Crippen LogP contribution in [0.15, 0.2) is 22.0 Å². The highest BCUT2D eigenvalue weighted by Gasteiger charge is 2.48. The van der Waals surface area contributed by atoms with Gasteiger partial charge in [0.05, 0.1) is 16.6 Å². The highest BCUT2D eigenvalue weighted by Crippen LogP contribution is 2.46. The molecule has 1 saturated heterocycles. The number of carbonyl (C=O) groups is 1. The van der Waals surface area contributed by atoms with Gasteiger partial charge in [-0.05, 0) is 40.2 Å². The van der Waals surface area contributed by atoms with E-state index in [1.807, 2.05) is 5.38 Å². The van der Waals surface area contributed by atoms with Gasteiger partial charge in [0.25, 0.3) is 5.91 Å². The summed E-state index contributed by atoms with van der Waals surface area (Å²) in [5.74, 6) is -0.367. The van der Waals surface area contributed by atoms with Crippen molar-refractivity contribution in [2.45, 2.75) is 43.6 Å². The Morgan fingerprint density at radius 2 is 2.32 bits per heavy atom. The zero-order valence-corrected chi connectivity index (χ0v) is 17.0. The van der Waals surface area contributed by atoms with Gasteiger partial charge >= 0.3 is 6.18 Å². The van der Waals surface area contributed by atoms with Crippen LogP contribution in [0.1, 0.15) is 46.7 Å². The minimum absolute atomic E-state index is 0.0655. The number of alkyl halides is 3. The first kappa shape index (κ1) is 19.7. The molecule has 3 atom stereocenters. The van der Waals surface area contributed by atoms with Gasteiger partial charge in [0.15, 0.2) is 11.7 Å². The zero-order chi connectivity index (χ0) is 19.9. The van der Waals surface area contributed by atoms with Gasteiger partial charge in [-0.25, -0.2) is 4.68 Å². The van der Waals surface area contributed by atoms with Crippen molar-refractivity contribution in [3.05, 3.63) is 32.6 Å². The molecule has 2 aromatic heterocycles. The molecule has 0 unspecified atom stereocenters. The fourth-order valence-electron chi connectivity index (χ4n) is 3.51. The molecule has 0 spiro atoms. The van der Waals surface area contributed by atoms with E-state index in [1.54, 1.807) is 12.1 Å². The van der Waals surface area contributed by atoms with E-state index in [-0.39, 0.29) is 28.5 Å². The Bertz CT molecular complexity index is 849. The molecule has 0 saturated carbocycles. The topological polar surface area (TPSA) is 68.2 Å². The Labute approximate surface area is 171 Å². The fraction of sp³-hybridized carbons (Fsp3) is 0.529. The molecule has 2 N–H and O–H groups in total. The van der Waals surface area contributed by atoms with Gasteiger partial charge in [0.2, 0.25) is 0 Å². The smallest absolute Gasteiger partial charge is 0.376 e. The zero-order valence-electron chi connectivity index (χ0n) is 14.6. The molecule has 152 valence electrons. The van der Waals surface area contributed by atoms with Crippen LogP contribution in [0, 0.1) is 0 Å². The van der Waals surface area contributed by atoms with Gasteiger partial charge in [-0.3, -0.25) is 4.79 Å². The molecule has 1 amide bonds. The van der Waals surface area contributed by atoms with Gasteiger partial charge < -0.3 is 15.4 Å². The van der Waals surface area contributed by atoms with Crippen LogP contribution in [-0.4, -0.2) is 41.1 Å². The van der Waals surface area contributed by atoms with Gasteiger partial charge in [0, 0.05) is 24.4 Å². The number of anilines is 1. The van der Waals surface area contributed by atoms with Crippen LogP contribution in [0.3, 0.4) is 0 Å². The average Bonchev–Trinajstić information content (AvgIpc) is 3.40. The van der Waals surface area contributed by atoms with E-state index >= 15 is 0 Å². The molecule has 0 bridgehead atoms. The lowest BCUT2D eigenvalue weighted by Gasteiger charge is -2.33. The minimum atomic E-state index is -4.48. The molecule has 0 radical (unpaired) electrons. The maximum Gasteiger partial charge on any atom is 0.410 e. The molecule has 0 aromatic carbocycles. The SMILES string of the molecule is O=C(NC[C@@H]1CCCO1)c1nn2c(c1Br)N[C@H](c1cccs1)C[C@H]2C(F)(F)F. The van der Waals surface area contributed by atoms with Crippen LogP contribution in [0.2, 0.25) is 0 Å². The Morgan fingerprint density at radius 3 is 2.96 bits per heavy atom. The lowest BCUT2D eigenvalue weighted by molar-refractivity contribution is -0.173. The Balaban J connectivity index is 1.61. The van der Waals surface area contributed by atoms with Crippen molar-refractivity contribution < 1.29 is 22.7 Å². The van der Waals surface area contributed by atoms with E-state index in [0.29, 0.717) is 13.2 Å². The molecule has 0 aliphatic carbocycles. The quantitative estimate of drug-likeness (QED) is 0.688. The van der Waals surface area contributed by atoms with E-state index < -0.39 is 24.2 Å². The van der Waals surface area contributed by atoms with Crippen molar-refractivity contribution in [2.24, 2.45) is 0 Å². The number of hydrogen-bond acceptors (Lipinski definition) is 5. The van der Waals surface area contributed by atoms with E-state index in [1.165, 1.54) is 11.3 Å². The van der Waals surface area contributed by atoms with E-state index in [9.17, 15) is 18.0 Å². The number of halogens is 4. The van der Waals surface area contributed by atoms with Crippen LogP contribution in [0.4, 0.5) is 19.0 Å². The summed E-state index contributed by atoms with van der Waals surface area (Å²) in [6, 6.07) is 1.28. The van der Waals surface area contributed by atoms with Crippen molar-refractivity contribution in [3.8, 4) is 0 Å². The Hall–Kier alpha value is -1.59. The summed E-state index contributed by atoms with van der Waals surface area (Å²) in [6.45, 7) is 0.964. The summed E-state index contributed by atoms with van der Waals surface area (Å²) in [4.78, 5) is 13.3. The number of fused-ring (bicyclic) bond motifs is 1. The molecule has 11 heteroatoms. The second-order valence-corrected chi connectivity index (χ2v) is 8.58. The summed E-state index contributed by atoms with van der Waals surface area (Å²) in [7, 11) is 0. The number of aromatic nitrogens is 2. The molecule has 6 nitrogen and oxygen atoms in total. The van der Waals surface area contributed by atoms with Crippen molar-refractivity contribution in [2.75, 3.05) is 18.5 Å². The van der Waals surface area contributed by atoms with Crippen LogP contribution in [0.25, 0.3) is 0 Å². The van der Waals surface area contributed by atoms with Crippen molar-refractivity contribution >= 4 is 39.0 Å². The summed E-state index contributed by atoms with van der Waals surface area (Å²) < 4.78 is 47.7. The Morgan fingerprint density at radius 1 is 1.50 bits per heavy atom. The van der Waals surface area contributed by atoms with Gasteiger partial charge in [0.1, 0.15) is 5.82 Å². The lowest BCUT2D eigenvalue weighted by Crippen LogP contribution is -2.36. The van der Waals surface area contributed by atoms with E-state index in [0.717, 1.165) is 22.4 Å². The molecular weight excluding hydrogens is 461 g/mol. The van der Waals surface area contributed by atoms with Gasteiger partial charge in [-0.2, -0.15) is 18.3 Å². The van der Waals surface area contributed by atoms with E-state index in [2.05, 4.69) is 31.7 Å². The number of hydrogen-bond donors (Lipinski definition) is 2. The van der Waals surface area contributed by atoms with Gasteiger partial charge in [-0.15, -0.1) is 11.3 Å². The summed E-state index contributed by atoms with van der Waals surface area (Å²) in [5, 5.41) is 11.6. The van der Waals surface area contributed by atoms with Crippen molar-refractivity contribution in [3.63, 3.8) is 0 Å². The number of nitrogens with zero attached hydrogens (tertiary/aromatic N) is 2.